The molecular weight excluding hydrogens is 284 g/mol. The molecule has 0 aliphatic rings. The third-order valence-corrected chi connectivity index (χ3v) is 2.71. The molecule has 0 fully saturated rings. The Morgan fingerprint density at radius 1 is 1.09 bits per heavy atom. The van der Waals surface area contributed by atoms with Gasteiger partial charge in [0.05, 0.1) is 7.11 Å². The first-order valence-corrected chi connectivity index (χ1v) is 6.54. The number of oxime groups is 1. The lowest BCUT2D eigenvalue weighted by Crippen LogP contribution is -2.17. The van der Waals surface area contributed by atoms with Gasteiger partial charge < -0.3 is 20.0 Å². The summed E-state index contributed by atoms with van der Waals surface area (Å²) >= 11 is 0. The van der Waals surface area contributed by atoms with Crippen LogP contribution in [0.3, 0.4) is 0 Å². The van der Waals surface area contributed by atoms with Gasteiger partial charge in [-0.3, -0.25) is 0 Å². The summed E-state index contributed by atoms with van der Waals surface area (Å²) in [5.41, 5.74) is 6.37. The quantitative estimate of drug-likeness (QED) is 0.381. The molecule has 6 heteroatoms. The molecule has 22 heavy (non-hydrogen) atoms. The smallest absolute Gasteiger partial charge is 0.372 e. The summed E-state index contributed by atoms with van der Waals surface area (Å²) in [5, 5.41) is 3.58. The van der Waals surface area contributed by atoms with Crippen molar-refractivity contribution in [3.63, 3.8) is 0 Å². The monoisotopic (exact) mass is 300 g/mol. The van der Waals surface area contributed by atoms with Gasteiger partial charge in [0, 0.05) is 11.6 Å². The molecule has 0 aromatic heterocycles. The van der Waals surface area contributed by atoms with E-state index < -0.39 is 5.97 Å². The van der Waals surface area contributed by atoms with Crippen LogP contribution < -0.4 is 15.2 Å². The fourth-order valence-corrected chi connectivity index (χ4v) is 1.62. The molecule has 0 atom stereocenters. The van der Waals surface area contributed by atoms with Gasteiger partial charge in [-0.1, -0.05) is 41.6 Å². The van der Waals surface area contributed by atoms with Crippen LogP contribution in [-0.2, 0) is 9.63 Å². The van der Waals surface area contributed by atoms with Crippen molar-refractivity contribution in [3.8, 4) is 11.5 Å². The van der Waals surface area contributed by atoms with Crippen molar-refractivity contribution in [3.05, 3.63) is 60.2 Å². The average molecular weight is 300 g/mol. The van der Waals surface area contributed by atoms with Crippen LogP contribution >= 0.6 is 0 Å². The number of rotatable bonds is 6. The number of nitrogens with zero attached hydrogens (tertiary/aromatic N) is 1. The Labute approximate surface area is 128 Å². The third-order valence-electron chi connectivity index (χ3n) is 2.71. The molecule has 2 N–H and O–H groups in total. The van der Waals surface area contributed by atoms with Crippen LogP contribution in [0.1, 0.15) is 5.56 Å². The van der Waals surface area contributed by atoms with Gasteiger partial charge in [-0.2, -0.15) is 0 Å². The Morgan fingerprint density at radius 3 is 2.55 bits per heavy atom. The van der Waals surface area contributed by atoms with Crippen LogP contribution in [0.4, 0.5) is 0 Å². The number of methoxy groups -OCH3 is 1. The molecule has 2 aromatic carbocycles. The van der Waals surface area contributed by atoms with Gasteiger partial charge in [-0.15, -0.1) is 0 Å². The average Bonchev–Trinajstić information content (AvgIpc) is 2.58. The first kappa shape index (κ1) is 15.4. The lowest BCUT2D eigenvalue weighted by Gasteiger charge is -2.06. The standard InChI is InChI=1S/C16H16N2O4/c1-20-13-8-5-9-14(10-13)21-11-15(19)22-18-16(17)12-6-3-2-4-7-12/h2-10H,11H2,1H3,(H2,17,18). The van der Waals surface area contributed by atoms with Crippen LogP contribution in [0.15, 0.2) is 59.8 Å². The van der Waals surface area contributed by atoms with E-state index in [1.807, 2.05) is 18.2 Å². The zero-order valence-corrected chi connectivity index (χ0v) is 12.1. The molecule has 6 nitrogen and oxygen atoms in total. The number of hydrogen-bond acceptors (Lipinski definition) is 5. The number of carbonyl (C=O) groups excluding carboxylic acids is 1. The fourth-order valence-electron chi connectivity index (χ4n) is 1.62. The minimum atomic E-state index is -0.651. The SMILES string of the molecule is COc1cccc(OCC(=O)O/N=C(/N)c2ccccc2)c1. The van der Waals surface area contributed by atoms with Crippen LogP contribution in [0.25, 0.3) is 0 Å². The molecular formula is C16H16N2O4. The number of ether oxygens (including phenoxy) is 2. The minimum absolute atomic E-state index is 0.121. The number of carbonyl (C=O) groups is 1. The molecule has 0 unspecified atom stereocenters. The Hall–Kier alpha value is -3.02. The van der Waals surface area contributed by atoms with E-state index in [1.165, 1.54) is 0 Å². The van der Waals surface area contributed by atoms with E-state index in [0.717, 1.165) is 0 Å². The molecule has 0 radical (unpaired) electrons. The van der Waals surface area contributed by atoms with Crippen LogP contribution in [0.2, 0.25) is 0 Å². The lowest BCUT2D eigenvalue weighted by molar-refractivity contribution is -0.146. The molecule has 2 rings (SSSR count). The normalized spacial score (nSPS) is 10.9. The van der Waals surface area contributed by atoms with E-state index in [-0.39, 0.29) is 12.4 Å². The van der Waals surface area contributed by atoms with Crippen LogP contribution in [-0.4, -0.2) is 25.5 Å². The van der Waals surface area contributed by atoms with Crippen molar-refractivity contribution >= 4 is 11.8 Å². The molecule has 114 valence electrons. The maximum atomic E-state index is 11.6. The molecule has 0 amide bonds. The third kappa shape index (κ3) is 4.52. The number of nitrogens with two attached hydrogens (primary N) is 1. The summed E-state index contributed by atoms with van der Waals surface area (Å²) in [7, 11) is 1.55. The Balaban J connectivity index is 1.85. The summed E-state index contributed by atoms with van der Waals surface area (Å²) in [5.74, 6) is 0.602. The van der Waals surface area contributed by atoms with Gasteiger partial charge >= 0.3 is 5.97 Å². The largest absolute Gasteiger partial charge is 0.497 e. The minimum Gasteiger partial charge on any atom is -0.497 e. The zero-order valence-electron chi connectivity index (χ0n) is 12.1. The van der Waals surface area contributed by atoms with Crippen molar-refractivity contribution in [2.24, 2.45) is 10.9 Å². The number of amidine groups is 1. The second kappa shape index (κ2) is 7.68. The first-order valence-electron chi connectivity index (χ1n) is 6.54. The number of benzene rings is 2. The Morgan fingerprint density at radius 2 is 1.82 bits per heavy atom. The van der Waals surface area contributed by atoms with Gasteiger partial charge in [0.1, 0.15) is 11.5 Å². The van der Waals surface area contributed by atoms with Crippen molar-refractivity contribution in [1.29, 1.82) is 0 Å². The molecule has 0 bridgehead atoms. The highest BCUT2D eigenvalue weighted by atomic mass is 16.7. The van der Waals surface area contributed by atoms with Crippen molar-refractivity contribution < 1.29 is 19.1 Å². The van der Waals surface area contributed by atoms with Gasteiger partial charge in [0.2, 0.25) is 0 Å². The van der Waals surface area contributed by atoms with Crippen molar-refractivity contribution in [2.75, 3.05) is 13.7 Å². The second-order valence-electron chi connectivity index (χ2n) is 4.27. The van der Waals surface area contributed by atoms with E-state index in [4.69, 9.17) is 20.0 Å². The first-order chi connectivity index (χ1) is 10.7. The number of hydrogen-bond donors (Lipinski definition) is 1. The highest BCUT2D eigenvalue weighted by Gasteiger charge is 2.06. The second-order valence-corrected chi connectivity index (χ2v) is 4.27. The maximum Gasteiger partial charge on any atom is 0.372 e. The topological polar surface area (TPSA) is 83.1 Å². The van der Waals surface area contributed by atoms with Crippen LogP contribution in [0, 0.1) is 0 Å². The zero-order chi connectivity index (χ0) is 15.8. The summed E-state index contributed by atoms with van der Waals surface area (Å²) in [4.78, 5) is 16.3. The molecule has 0 aliphatic carbocycles. The molecule has 0 saturated carbocycles. The molecule has 0 saturated heterocycles. The predicted molar refractivity (Wildman–Crippen MR) is 81.7 cm³/mol. The van der Waals surface area contributed by atoms with E-state index >= 15 is 0 Å². The molecule has 0 aliphatic heterocycles. The maximum absolute atomic E-state index is 11.6. The van der Waals surface area contributed by atoms with Crippen molar-refractivity contribution in [2.45, 2.75) is 0 Å². The van der Waals surface area contributed by atoms with Crippen LogP contribution in [0.5, 0.6) is 11.5 Å². The highest BCUT2D eigenvalue weighted by Crippen LogP contribution is 2.18. The van der Waals surface area contributed by atoms with Crippen molar-refractivity contribution in [1.82, 2.24) is 0 Å². The summed E-state index contributed by atoms with van der Waals surface area (Å²) in [6.07, 6.45) is 0. The Bertz CT molecular complexity index is 656. The molecule has 0 spiro atoms. The fraction of sp³-hybridized carbons (Fsp3) is 0.125. The van der Waals surface area contributed by atoms with E-state index in [0.29, 0.717) is 17.1 Å². The van der Waals surface area contributed by atoms with Gasteiger partial charge in [0.25, 0.3) is 0 Å². The van der Waals surface area contributed by atoms with Gasteiger partial charge in [-0.25, -0.2) is 4.79 Å². The van der Waals surface area contributed by atoms with E-state index in [9.17, 15) is 4.79 Å². The predicted octanol–water partition coefficient (Wildman–Crippen LogP) is 1.94. The van der Waals surface area contributed by atoms with Gasteiger partial charge in [0.15, 0.2) is 12.4 Å². The summed E-state index contributed by atoms with van der Waals surface area (Å²) in [6, 6.07) is 15.9. The lowest BCUT2D eigenvalue weighted by atomic mass is 10.2. The van der Waals surface area contributed by atoms with E-state index in [2.05, 4.69) is 5.16 Å². The van der Waals surface area contributed by atoms with Gasteiger partial charge in [-0.05, 0) is 12.1 Å². The molecule has 2 aromatic rings. The Kier molecular flexibility index (Phi) is 5.37. The van der Waals surface area contributed by atoms with E-state index in [1.54, 1.807) is 43.5 Å². The molecule has 0 heterocycles. The summed E-state index contributed by atoms with van der Waals surface area (Å²) < 4.78 is 10.3. The summed E-state index contributed by atoms with van der Waals surface area (Å²) in [6.45, 7) is -0.279. The highest BCUT2D eigenvalue weighted by molar-refractivity contribution is 5.97.